The number of rotatable bonds is 5. The first kappa shape index (κ1) is 23.7. The van der Waals surface area contributed by atoms with Gasteiger partial charge in [-0.15, -0.1) is 0 Å². The van der Waals surface area contributed by atoms with Gasteiger partial charge in [0.05, 0.1) is 29.6 Å². The molecule has 11 heteroatoms. The highest BCUT2D eigenvalue weighted by atomic mass is 19.4. The van der Waals surface area contributed by atoms with Gasteiger partial charge in [0.2, 0.25) is 5.88 Å². The van der Waals surface area contributed by atoms with Gasteiger partial charge in [0.1, 0.15) is 18.1 Å². The van der Waals surface area contributed by atoms with Crippen LogP contribution in [0.5, 0.6) is 5.88 Å². The zero-order valence-corrected chi connectivity index (χ0v) is 18.6. The third-order valence-corrected chi connectivity index (χ3v) is 5.98. The number of aromatic nitrogens is 4. The molecule has 1 aliphatic rings. The standard InChI is InChI=1S/C23H23F4N5O2/c1-14-4-3-9-31(20(14)13-34-21-6-5-16(12-28-21)23(25,26)27)22(33)17-10-15(2)18(24)11-19(17)32-29-7-8-30-32/h5-8,10-12,14,20H,3-4,9,13H2,1-2H3/t14-,20-/m1/s1. The van der Waals surface area contributed by atoms with E-state index in [1.54, 1.807) is 11.8 Å². The number of aryl methyl sites for hydroxylation is 1. The predicted molar refractivity (Wildman–Crippen MR) is 114 cm³/mol. The second kappa shape index (κ2) is 9.40. The maximum absolute atomic E-state index is 14.3. The Bertz CT molecular complexity index is 1150. The second-order valence-electron chi connectivity index (χ2n) is 8.32. The molecule has 1 saturated heterocycles. The molecule has 1 aromatic carbocycles. The van der Waals surface area contributed by atoms with Crippen LogP contribution >= 0.6 is 0 Å². The maximum atomic E-state index is 14.3. The first-order chi connectivity index (χ1) is 16.1. The first-order valence-corrected chi connectivity index (χ1v) is 10.8. The molecule has 2 atom stereocenters. The van der Waals surface area contributed by atoms with Gasteiger partial charge in [-0.2, -0.15) is 28.2 Å². The lowest BCUT2D eigenvalue weighted by atomic mass is 9.90. The Balaban J connectivity index is 1.58. The van der Waals surface area contributed by atoms with E-state index in [9.17, 15) is 22.4 Å². The summed E-state index contributed by atoms with van der Waals surface area (Å²) in [6.07, 6.45) is 0.728. The number of ether oxygens (including phenoxy) is 1. The van der Waals surface area contributed by atoms with Gasteiger partial charge in [0.15, 0.2) is 0 Å². The van der Waals surface area contributed by atoms with Crippen LogP contribution in [0.1, 0.15) is 41.3 Å². The van der Waals surface area contributed by atoms with Crippen LogP contribution in [-0.2, 0) is 6.18 Å². The van der Waals surface area contributed by atoms with Gasteiger partial charge in [-0.25, -0.2) is 9.37 Å². The van der Waals surface area contributed by atoms with Gasteiger partial charge in [-0.05, 0) is 43.4 Å². The summed E-state index contributed by atoms with van der Waals surface area (Å²) in [5.74, 6) is -0.697. The lowest BCUT2D eigenvalue weighted by Gasteiger charge is -2.40. The van der Waals surface area contributed by atoms with E-state index in [2.05, 4.69) is 15.2 Å². The molecule has 1 amide bonds. The summed E-state index contributed by atoms with van der Waals surface area (Å²) in [5.41, 5.74) is -0.0811. The molecule has 0 saturated carbocycles. The van der Waals surface area contributed by atoms with Crippen LogP contribution in [0.4, 0.5) is 17.6 Å². The van der Waals surface area contributed by atoms with Crippen molar-refractivity contribution in [2.45, 2.75) is 38.9 Å². The van der Waals surface area contributed by atoms with Crippen LogP contribution in [0.25, 0.3) is 5.69 Å². The summed E-state index contributed by atoms with van der Waals surface area (Å²) in [6, 6.07) is 4.42. The SMILES string of the molecule is Cc1cc(C(=O)N2CCC[C@@H](C)[C@H]2COc2ccc(C(F)(F)F)cn2)c(-n2nccn2)cc1F. The molecule has 0 bridgehead atoms. The molecule has 0 aliphatic carbocycles. The number of amides is 1. The third-order valence-electron chi connectivity index (χ3n) is 5.98. The van der Waals surface area contributed by atoms with E-state index in [0.717, 1.165) is 25.0 Å². The molecular weight excluding hydrogens is 454 g/mol. The first-order valence-electron chi connectivity index (χ1n) is 10.8. The van der Waals surface area contributed by atoms with E-state index < -0.39 is 17.6 Å². The topological polar surface area (TPSA) is 73.1 Å². The Labute approximate surface area is 193 Å². The number of hydrogen-bond acceptors (Lipinski definition) is 5. The van der Waals surface area contributed by atoms with Gasteiger partial charge >= 0.3 is 6.18 Å². The minimum absolute atomic E-state index is 0.0391. The molecule has 0 N–H and O–H groups in total. The van der Waals surface area contributed by atoms with E-state index in [1.165, 1.54) is 29.3 Å². The van der Waals surface area contributed by atoms with Gasteiger partial charge in [-0.3, -0.25) is 4.79 Å². The summed E-state index contributed by atoms with van der Waals surface area (Å²) in [5, 5.41) is 8.07. The molecule has 1 aliphatic heterocycles. The van der Waals surface area contributed by atoms with Crippen LogP contribution in [0.2, 0.25) is 0 Å². The summed E-state index contributed by atoms with van der Waals surface area (Å²) < 4.78 is 58.3. The molecule has 2 aromatic heterocycles. The predicted octanol–water partition coefficient (Wildman–Crippen LogP) is 4.45. The van der Waals surface area contributed by atoms with Gasteiger partial charge in [0.25, 0.3) is 5.91 Å². The van der Waals surface area contributed by atoms with E-state index in [1.807, 2.05) is 6.92 Å². The Hall–Kier alpha value is -3.50. The van der Waals surface area contributed by atoms with Crippen LogP contribution < -0.4 is 4.74 Å². The fraction of sp³-hybridized carbons (Fsp3) is 0.391. The largest absolute Gasteiger partial charge is 0.475 e. The number of carbonyl (C=O) groups is 1. The van der Waals surface area contributed by atoms with Gasteiger partial charge < -0.3 is 9.64 Å². The number of pyridine rings is 1. The molecule has 1 fully saturated rings. The van der Waals surface area contributed by atoms with Crippen molar-refractivity contribution < 1.29 is 27.1 Å². The number of piperidine rings is 1. The lowest BCUT2D eigenvalue weighted by molar-refractivity contribution is -0.137. The molecule has 7 nitrogen and oxygen atoms in total. The van der Waals surface area contributed by atoms with Crippen molar-refractivity contribution >= 4 is 5.91 Å². The van der Waals surface area contributed by atoms with Crippen molar-refractivity contribution in [3.05, 3.63) is 65.4 Å². The number of halogens is 4. The van der Waals surface area contributed by atoms with Crippen molar-refractivity contribution in [3.63, 3.8) is 0 Å². The molecule has 34 heavy (non-hydrogen) atoms. The molecule has 3 heterocycles. The average Bonchev–Trinajstić information content (AvgIpc) is 3.34. The monoisotopic (exact) mass is 477 g/mol. The Morgan fingerprint density at radius 3 is 2.59 bits per heavy atom. The highest BCUT2D eigenvalue weighted by Crippen LogP contribution is 2.30. The number of benzene rings is 1. The fourth-order valence-electron chi connectivity index (χ4n) is 4.06. The van der Waals surface area contributed by atoms with Gasteiger partial charge in [-0.1, -0.05) is 6.92 Å². The van der Waals surface area contributed by atoms with E-state index >= 15 is 0 Å². The average molecular weight is 477 g/mol. The Kier molecular flexibility index (Phi) is 6.54. The Morgan fingerprint density at radius 1 is 1.21 bits per heavy atom. The zero-order valence-electron chi connectivity index (χ0n) is 18.6. The number of hydrogen-bond donors (Lipinski definition) is 0. The summed E-state index contributed by atoms with van der Waals surface area (Å²) in [4.78, 5) is 20.2. The number of likely N-dealkylation sites (tertiary alicyclic amines) is 1. The van der Waals surface area contributed by atoms with Crippen molar-refractivity contribution in [2.24, 2.45) is 5.92 Å². The summed E-state index contributed by atoms with van der Waals surface area (Å²) in [7, 11) is 0. The quantitative estimate of drug-likeness (QED) is 0.508. The molecular formula is C23H23F4N5O2. The lowest BCUT2D eigenvalue weighted by Crippen LogP contribution is -2.50. The summed E-state index contributed by atoms with van der Waals surface area (Å²) >= 11 is 0. The van der Waals surface area contributed by atoms with Crippen LogP contribution in [0.15, 0.2) is 42.9 Å². The maximum Gasteiger partial charge on any atom is 0.417 e. The number of nitrogens with zero attached hydrogens (tertiary/aromatic N) is 5. The van der Waals surface area contributed by atoms with Crippen molar-refractivity contribution in [2.75, 3.05) is 13.2 Å². The number of carbonyl (C=O) groups excluding carboxylic acids is 1. The minimum Gasteiger partial charge on any atom is -0.475 e. The second-order valence-corrected chi connectivity index (χ2v) is 8.32. The molecule has 0 spiro atoms. The fourth-order valence-corrected chi connectivity index (χ4v) is 4.06. The highest BCUT2D eigenvalue weighted by molar-refractivity contribution is 5.98. The van der Waals surface area contributed by atoms with Crippen molar-refractivity contribution in [3.8, 4) is 11.6 Å². The van der Waals surface area contributed by atoms with Crippen LogP contribution in [-0.4, -0.2) is 50.0 Å². The van der Waals surface area contributed by atoms with Crippen molar-refractivity contribution in [1.82, 2.24) is 24.9 Å². The molecule has 180 valence electrons. The summed E-state index contributed by atoms with van der Waals surface area (Å²) in [6.45, 7) is 4.07. The van der Waals surface area contributed by atoms with Crippen molar-refractivity contribution in [1.29, 1.82) is 0 Å². The van der Waals surface area contributed by atoms with E-state index in [4.69, 9.17) is 4.74 Å². The van der Waals surface area contributed by atoms with Crippen LogP contribution in [0, 0.1) is 18.7 Å². The van der Waals surface area contributed by atoms with E-state index in [0.29, 0.717) is 18.3 Å². The Morgan fingerprint density at radius 2 is 1.94 bits per heavy atom. The molecule has 4 rings (SSSR count). The zero-order chi connectivity index (χ0) is 24.5. The highest BCUT2D eigenvalue weighted by Gasteiger charge is 2.35. The number of alkyl halides is 3. The smallest absolute Gasteiger partial charge is 0.417 e. The third kappa shape index (κ3) is 4.87. The van der Waals surface area contributed by atoms with Gasteiger partial charge in [0, 0.05) is 24.9 Å². The molecule has 3 aromatic rings. The minimum atomic E-state index is -4.49. The van der Waals surface area contributed by atoms with E-state index in [-0.39, 0.29) is 41.6 Å². The normalized spacial score (nSPS) is 18.7. The molecule has 0 radical (unpaired) electrons. The molecule has 0 unspecified atom stereocenters. The van der Waals surface area contributed by atoms with Crippen LogP contribution in [0.3, 0.4) is 0 Å².